The maximum atomic E-state index is 14.5. The largest absolute Gasteiger partial charge is 0.480 e. The molecule has 1 saturated carbocycles. The summed E-state index contributed by atoms with van der Waals surface area (Å²) >= 11 is 5.79. The molecule has 1 aliphatic carbocycles. The van der Waals surface area contributed by atoms with Gasteiger partial charge in [-0.05, 0) is 25.3 Å². The van der Waals surface area contributed by atoms with Gasteiger partial charge in [-0.15, -0.1) is 0 Å². The lowest BCUT2D eigenvalue weighted by molar-refractivity contribution is -0.139. The van der Waals surface area contributed by atoms with Crippen LogP contribution in [0.1, 0.15) is 19.3 Å². The van der Waals surface area contributed by atoms with Gasteiger partial charge >= 0.3 is 5.97 Å². The molecule has 13 heteroatoms. The van der Waals surface area contributed by atoms with Crippen molar-refractivity contribution in [2.75, 3.05) is 11.5 Å². The zero-order valence-corrected chi connectivity index (χ0v) is 16.1. The van der Waals surface area contributed by atoms with E-state index in [1.54, 1.807) is 0 Å². The fourth-order valence-electron chi connectivity index (χ4n) is 3.72. The minimum Gasteiger partial charge on any atom is -0.480 e. The van der Waals surface area contributed by atoms with Crippen molar-refractivity contribution in [2.45, 2.75) is 30.1 Å². The number of rotatable bonds is 5. The molecule has 1 aliphatic heterocycles. The molecule has 2 fully saturated rings. The lowest BCUT2D eigenvalue weighted by atomic mass is 9.78. The Morgan fingerprint density at radius 2 is 2.03 bits per heavy atom. The average molecular weight is 452 g/mol. The number of carbonyl (C=O) groups excluding carboxylic acids is 2. The lowest BCUT2D eigenvalue weighted by Gasteiger charge is -2.34. The van der Waals surface area contributed by atoms with Gasteiger partial charge in [0, 0.05) is 6.07 Å². The van der Waals surface area contributed by atoms with E-state index in [1.807, 2.05) is 0 Å². The highest BCUT2D eigenvalue weighted by molar-refractivity contribution is 7.88. The zero-order valence-electron chi connectivity index (χ0n) is 14.5. The van der Waals surface area contributed by atoms with Crippen LogP contribution in [0, 0.1) is 11.7 Å². The van der Waals surface area contributed by atoms with Gasteiger partial charge in [0.05, 0.1) is 22.7 Å². The number of ether oxygens (including phenoxy) is 1. The van der Waals surface area contributed by atoms with Gasteiger partial charge in [0.15, 0.2) is 11.4 Å². The third-order valence-electron chi connectivity index (χ3n) is 5.06. The summed E-state index contributed by atoms with van der Waals surface area (Å²) in [6, 6.07) is 1.47. The topological polar surface area (TPSA) is 159 Å². The van der Waals surface area contributed by atoms with Gasteiger partial charge in [0.2, 0.25) is 5.91 Å². The van der Waals surface area contributed by atoms with Crippen molar-refractivity contribution in [1.29, 1.82) is 0 Å². The Morgan fingerprint density at radius 3 is 2.62 bits per heavy atom. The van der Waals surface area contributed by atoms with Crippen molar-refractivity contribution in [3.63, 3.8) is 0 Å². The number of carboxylic acids is 1. The second-order valence-electron chi connectivity index (χ2n) is 6.74. The molecule has 3 rings (SSSR count). The number of nitrogens with zero attached hydrogens (tertiary/aromatic N) is 1. The highest BCUT2D eigenvalue weighted by atomic mass is 35.5. The molecule has 3 unspecified atom stereocenters. The van der Waals surface area contributed by atoms with Gasteiger partial charge in [-0.3, -0.25) is 14.1 Å². The van der Waals surface area contributed by atoms with E-state index in [-0.39, 0.29) is 22.1 Å². The third kappa shape index (κ3) is 3.35. The molecule has 29 heavy (non-hydrogen) atoms. The fraction of sp³-hybridized carbons (Fsp3) is 0.438. The summed E-state index contributed by atoms with van der Waals surface area (Å²) in [5.74, 6) is -7.02. The number of anilines is 1. The molecule has 3 N–H and O–H groups in total. The molecule has 2 aliphatic rings. The van der Waals surface area contributed by atoms with E-state index in [0.29, 0.717) is 6.07 Å². The van der Waals surface area contributed by atoms with E-state index >= 15 is 0 Å². The average Bonchev–Trinajstić information content (AvgIpc) is 2.82. The first-order chi connectivity index (χ1) is 13.4. The fourth-order valence-corrected chi connectivity index (χ4v) is 5.17. The Kier molecular flexibility index (Phi) is 5.32. The maximum absolute atomic E-state index is 14.5. The first-order valence-corrected chi connectivity index (χ1v) is 10.1. The number of hydrogen-bond donors (Lipinski definition) is 3. The quantitative estimate of drug-likeness (QED) is 0.430. The number of aliphatic hydroxyl groups is 1. The molecule has 0 radical (unpaired) electrons. The molecular formula is C16H15ClFNO9S. The second-order valence-corrected chi connectivity index (χ2v) is 8.83. The number of imide groups is 1. The molecule has 1 aromatic rings. The Bertz CT molecular complexity index is 1010. The summed E-state index contributed by atoms with van der Waals surface area (Å²) in [5, 5.41) is 18.2. The van der Waals surface area contributed by atoms with E-state index in [1.165, 1.54) is 0 Å². The van der Waals surface area contributed by atoms with Crippen molar-refractivity contribution < 1.29 is 46.7 Å². The summed E-state index contributed by atoms with van der Waals surface area (Å²) in [7, 11) is -5.10. The number of carboxylic acid groups (broad SMARTS) is 1. The number of aliphatic hydroxyl groups excluding tert-OH is 1. The molecular weight excluding hydrogens is 437 g/mol. The van der Waals surface area contributed by atoms with Gasteiger partial charge in [-0.2, -0.15) is 8.42 Å². The zero-order chi connectivity index (χ0) is 21.7. The van der Waals surface area contributed by atoms with Crippen LogP contribution in [-0.4, -0.2) is 58.4 Å². The molecule has 1 heterocycles. The smallest absolute Gasteiger partial charge is 0.341 e. The van der Waals surface area contributed by atoms with Crippen molar-refractivity contribution in [3.05, 3.63) is 23.0 Å². The minimum atomic E-state index is -5.10. The summed E-state index contributed by atoms with van der Waals surface area (Å²) in [6.45, 7) is -0.851. The van der Waals surface area contributed by atoms with Crippen LogP contribution in [0.3, 0.4) is 0 Å². The van der Waals surface area contributed by atoms with E-state index in [2.05, 4.69) is 0 Å². The van der Waals surface area contributed by atoms with Crippen LogP contribution in [0.5, 0.6) is 5.75 Å². The van der Waals surface area contributed by atoms with E-state index in [4.69, 9.17) is 21.4 Å². The lowest BCUT2D eigenvalue weighted by Crippen LogP contribution is -2.53. The SMILES string of the molecule is O=C(O)COc1cc(N2C(=O)C3CC(O)CCC3(S(=O)(=O)O)C2=O)c(F)cc1Cl. The molecule has 2 amide bonds. The highest BCUT2D eigenvalue weighted by Crippen LogP contribution is 2.49. The van der Waals surface area contributed by atoms with Gasteiger partial charge in [-0.1, -0.05) is 11.6 Å². The number of amides is 2. The Morgan fingerprint density at radius 1 is 1.38 bits per heavy atom. The number of carbonyl (C=O) groups is 3. The summed E-state index contributed by atoms with van der Waals surface area (Å²) in [5.41, 5.74) is -0.711. The van der Waals surface area contributed by atoms with Crippen LogP contribution in [0.2, 0.25) is 5.02 Å². The Hall–Kier alpha value is -2.28. The van der Waals surface area contributed by atoms with Crippen LogP contribution >= 0.6 is 11.6 Å². The van der Waals surface area contributed by atoms with Crippen LogP contribution < -0.4 is 9.64 Å². The molecule has 0 bridgehead atoms. The molecule has 158 valence electrons. The number of fused-ring (bicyclic) bond motifs is 1. The molecule has 3 atom stereocenters. The normalized spacial score (nSPS) is 27.1. The summed E-state index contributed by atoms with van der Waals surface area (Å²) < 4.78 is 50.8. The van der Waals surface area contributed by atoms with E-state index in [0.717, 1.165) is 6.07 Å². The van der Waals surface area contributed by atoms with Gasteiger partial charge in [0.1, 0.15) is 11.6 Å². The van der Waals surface area contributed by atoms with Crippen molar-refractivity contribution in [2.24, 2.45) is 5.92 Å². The van der Waals surface area contributed by atoms with Crippen LogP contribution in [-0.2, 0) is 24.5 Å². The van der Waals surface area contributed by atoms with Crippen LogP contribution in [0.4, 0.5) is 10.1 Å². The predicted octanol–water partition coefficient (Wildman–Crippen LogP) is 0.603. The van der Waals surface area contributed by atoms with Crippen molar-refractivity contribution >= 4 is 45.2 Å². The summed E-state index contributed by atoms with van der Waals surface area (Å²) in [4.78, 5) is 36.8. The van der Waals surface area contributed by atoms with Crippen molar-refractivity contribution in [1.82, 2.24) is 0 Å². The van der Waals surface area contributed by atoms with Gasteiger partial charge < -0.3 is 14.9 Å². The van der Waals surface area contributed by atoms with E-state index in [9.17, 15) is 36.9 Å². The predicted molar refractivity (Wildman–Crippen MR) is 94.7 cm³/mol. The van der Waals surface area contributed by atoms with Crippen molar-refractivity contribution in [3.8, 4) is 5.75 Å². The third-order valence-corrected chi connectivity index (χ3v) is 6.94. The first kappa shape index (κ1) is 21.4. The first-order valence-electron chi connectivity index (χ1n) is 8.27. The van der Waals surface area contributed by atoms with Crippen LogP contribution in [0.15, 0.2) is 12.1 Å². The molecule has 1 saturated heterocycles. The van der Waals surface area contributed by atoms with Crippen LogP contribution in [0.25, 0.3) is 0 Å². The van der Waals surface area contributed by atoms with Gasteiger partial charge in [-0.25, -0.2) is 14.1 Å². The maximum Gasteiger partial charge on any atom is 0.341 e. The molecule has 1 aromatic carbocycles. The Balaban J connectivity index is 2.12. The highest BCUT2D eigenvalue weighted by Gasteiger charge is 2.68. The minimum absolute atomic E-state index is 0.167. The van der Waals surface area contributed by atoms with E-state index < -0.39 is 75.6 Å². The van der Waals surface area contributed by atoms with Gasteiger partial charge in [0.25, 0.3) is 16.0 Å². The summed E-state index contributed by atoms with van der Waals surface area (Å²) in [6.07, 6.45) is -2.20. The monoisotopic (exact) mass is 451 g/mol. The number of aliphatic carboxylic acids is 1. The second kappa shape index (κ2) is 7.20. The number of halogens is 2. The number of benzene rings is 1. The molecule has 10 nitrogen and oxygen atoms in total. The standard InChI is InChI=1S/C16H15ClFNO9S/c17-9-4-10(18)11(5-12(9)28-6-13(21)22)19-14(23)8-3-7(20)1-2-16(8,15(19)24)29(25,26)27/h4-5,7-8,20H,1-3,6H2,(H,21,22)(H,25,26,27). The molecule has 0 spiro atoms. The molecule has 0 aromatic heterocycles. The number of hydrogen-bond acceptors (Lipinski definition) is 7. The Labute approximate surface area is 168 Å².